The maximum Gasteiger partial charge on any atom is 0.338 e. The van der Waals surface area contributed by atoms with E-state index in [9.17, 15) is 9.59 Å². The zero-order valence-corrected chi connectivity index (χ0v) is 14.2. The fourth-order valence-corrected chi connectivity index (χ4v) is 2.74. The number of amides is 1. The van der Waals surface area contributed by atoms with Gasteiger partial charge in [0.2, 0.25) is 5.91 Å². The summed E-state index contributed by atoms with van der Waals surface area (Å²) in [6.07, 6.45) is 4.17. The Morgan fingerprint density at radius 1 is 1.28 bits per heavy atom. The molecule has 7 nitrogen and oxygen atoms in total. The summed E-state index contributed by atoms with van der Waals surface area (Å²) in [5.41, 5.74) is 1.23. The van der Waals surface area contributed by atoms with Crippen LogP contribution in [0.3, 0.4) is 0 Å². The van der Waals surface area contributed by atoms with Crippen LogP contribution in [0.5, 0.6) is 0 Å². The third-order valence-electron chi connectivity index (χ3n) is 4.05. The molecule has 2 aromatic rings. The van der Waals surface area contributed by atoms with E-state index in [1.807, 2.05) is 6.92 Å². The molecule has 1 aromatic heterocycles. The van der Waals surface area contributed by atoms with Gasteiger partial charge in [-0.25, -0.2) is 4.79 Å². The van der Waals surface area contributed by atoms with Gasteiger partial charge in [0, 0.05) is 25.1 Å². The van der Waals surface area contributed by atoms with Crippen LogP contribution in [0.25, 0.3) is 0 Å². The standard InChI is InChI=1S/C18H21N3O4/c1-2-5-15-19-16(25-20-15)12-24-18(23)13-7-9-14(10-8-13)21-11-4-3-6-17(21)22/h7-10H,2-6,11-12H2,1H3. The number of piperidine rings is 1. The summed E-state index contributed by atoms with van der Waals surface area (Å²) in [6, 6.07) is 6.86. The number of benzene rings is 1. The maximum absolute atomic E-state index is 12.1. The largest absolute Gasteiger partial charge is 0.452 e. The van der Waals surface area contributed by atoms with Crippen LogP contribution in [-0.2, 0) is 22.6 Å². The second-order valence-electron chi connectivity index (χ2n) is 5.98. The van der Waals surface area contributed by atoms with Gasteiger partial charge in [-0.1, -0.05) is 12.1 Å². The van der Waals surface area contributed by atoms with Crippen molar-refractivity contribution >= 4 is 17.6 Å². The summed E-state index contributed by atoms with van der Waals surface area (Å²) in [4.78, 5) is 29.9. The van der Waals surface area contributed by atoms with Crippen molar-refractivity contribution in [1.29, 1.82) is 0 Å². The number of aryl methyl sites for hydroxylation is 1. The molecule has 1 aromatic carbocycles. The molecule has 3 rings (SSSR count). The second-order valence-corrected chi connectivity index (χ2v) is 5.98. The summed E-state index contributed by atoms with van der Waals surface area (Å²) in [5, 5.41) is 3.81. The van der Waals surface area contributed by atoms with Crippen molar-refractivity contribution in [2.75, 3.05) is 11.4 Å². The van der Waals surface area contributed by atoms with Crippen LogP contribution >= 0.6 is 0 Å². The lowest BCUT2D eigenvalue weighted by Crippen LogP contribution is -2.35. The van der Waals surface area contributed by atoms with Gasteiger partial charge in [0.25, 0.3) is 5.89 Å². The molecule has 132 valence electrons. The molecule has 0 unspecified atom stereocenters. The molecule has 2 heterocycles. The van der Waals surface area contributed by atoms with Gasteiger partial charge in [-0.2, -0.15) is 4.98 Å². The summed E-state index contributed by atoms with van der Waals surface area (Å²) < 4.78 is 10.2. The first kappa shape index (κ1) is 17.1. The van der Waals surface area contributed by atoms with Crippen LogP contribution in [0.4, 0.5) is 5.69 Å². The van der Waals surface area contributed by atoms with Gasteiger partial charge in [0.05, 0.1) is 5.56 Å². The fourth-order valence-electron chi connectivity index (χ4n) is 2.74. The molecular weight excluding hydrogens is 322 g/mol. The number of anilines is 1. The number of carbonyl (C=O) groups excluding carboxylic acids is 2. The number of esters is 1. The van der Waals surface area contributed by atoms with Gasteiger partial charge in [0.1, 0.15) is 0 Å². The molecule has 0 radical (unpaired) electrons. The van der Waals surface area contributed by atoms with Crippen molar-refractivity contribution in [2.24, 2.45) is 0 Å². The Balaban J connectivity index is 1.57. The van der Waals surface area contributed by atoms with Crippen LogP contribution in [0.2, 0.25) is 0 Å². The van der Waals surface area contributed by atoms with Crippen molar-refractivity contribution in [3.05, 3.63) is 41.5 Å². The number of carbonyl (C=O) groups is 2. The first-order chi connectivity index (χ1) is 12.2. The quantitative estimate of drug-likeness (QED) is 0.750. The second kappa shape index (κ2) is 7.92. The molecule has 1 fully saturated rings. The van der Waals surface area contributed by atoms with Crippen molar-refractivity contribution in [1.82, 2.24) is 10.1 Å². The minimum atomic E-state index is -0.466. The third-order valence-corrected chi connectivity index (χ3v) is 4.05. The topological polar surface area (TPSA) is 85.5 Å². The highest BCUT2D eigenvalue weighted by Crippen LogP contribution is 2.21. The van der Waals surface area contributed by atoms with E-state index in [0.717, 1.165) is 37.9 Å². The molecule has 0 spiro atoms. The Morgan fingerprint density at radius 3 is 2.80 bits per heavy atom. The van der Waals surface area contributed by atoms with E-state index in [2.05, 4.69) is 10.1 Å². The van der Waals surface area contributed by atoms with E-state index in [1.165, 1.54) is 0 Å². The number of aromatic nitrogens is 2. The normalized spacial score (nSPS) is 14.6. The van der Waals surface area contributed by atoms with Crippen molar-refractivity contribution < 1.29 is 18.8 Å². The van der Waals surface area contributed by atoms with Gasteiger partial charge >= 0.3 is 5.97 Å². The van der Waals surface area contributed by atoms with Gasteiger partial charge in [-0.3, -0.25) is 4.79 Å². The summed E-state index contributed by atoms with van der Waals surface area (Å²) in [5.74, 6) is 0.559. The Bertz CT molecular complexity index is 739. The van der Waals surface area contributed by atoms with Crippen LogP contribution < -0.4 is 4.90 Å². The van der Waals surface area contributed by atoms with Crippen LogP contribution in [0, 0.1) is 0 Å². The zero-order chi connectivity index (χ0) is 17.6. The van der Waals surface area contributed by atoms with Crippen LogP contribution in [0.1, 0.15) is 54.7 Å². The maximum atomic E-state index is 12.1. The molecule has 1 aliphatic rings. The molecule has 7 heteroatoms. The number of hydrogen-bond acceptors (Lipinski definition) is 6. The van der Waals surface area contributed by atoms with Crippen molar-refractivity contribution in [3.8, 4) is 0 Å². The Hall–Kier alpha value is -2.70. The molecule has 0 aliphatic carbocycles. The van der Waals surface area contributed by atoms with E-state index < -0.39 is 5.97 Å². The predicted molar refractivity (Wildman–Crippen MR) is 90.1 cm³/mol. The lowest BCUT2D eigenvalue weighted by atomic mass is 10.1. The number of ether oxygens (including phenoxy) is 1. The lowest BCUT2D eigenvalue weighted by molar-refractivity contribution is -0.119. The van der Waals surface area contributed by atoms with E-state index in [4.69, 9.17) is 9.26 Å². The summed E-state index contributed by atoms with van der Waals surface area (Å²) in [6.45, 7) is 2.69. The van der Waals surface area contributed by atoms with E-state index in [0.29, 0.717) is 17.8 Å². The fraction of sp³-hybridized carbons (Fsp3) is 0.444. The molecule has 0 bridgehead atoms. The average molecular weight is 343 g/mol. The molecule has 1 amide bonds. The average Bonchev–Trinajstić information content (AvgIpc) is 3.08. The molecule has 25 heavy (non-hydrogen) atoms. The molecule has 1 aliphatic heterocycles. The molecule has 0 saturated carbocycles. The first-order valence-corrected chi connectivity index (χ1v) is 8.56. The van der Waals surface area contributed by atoms with E-state index in [1.54, 1.807) is 29.2 Å². The smallest absolute Gasteiger partial charge is 0.338 e. The molecule has 0 N–H and O–H groups in total. The molecule has 0 atom stereocenters. The molecule has 1 saturated heterocycles. The summed E-state index contributed by atoms with van der Waals surface area (Å²) >= 11 is 0. The summed E-state index contributed by atoms with van der Waals surface area (Å²) in [7, 11) is 0. The SMILES string of the molecule is CCCc1noc(COC(=O)c2ccc(N3CCCCC3=O)cc2)n1. The van der Waals surface area contributed by atoms with E-state index >= 15 is 0 Å². The van der Waals surface area contributed by atoms with Crippen LogP contribution in [-0.4, -0.2) is 28.6 Å². The van der Waals surface area contributed by atoms with E-state index in [-0.39, 0.29) is 18.4 Å². The zero-order valence-electron chi connectivity index (χ0n) is 14.2. The highest BCUT2D eigenvalue weighted by Gasteiger charge is 2.20. The predicted octanol–water partition coefficient (Wildman–Crippen LogP) is 2.90. The Morgan fingerprint density at radius 2 is 2.08 bits per heavy atom. The monoisotopic (exact) mass is 343 g/mol. The number of nitrogens with zero attached hydrogens (tertiary/aromatic N) is 3. The molecular formula is C18H21N3O4. The third kappa shape index (κ3) is 4.23. The lowest BCUT2D eigenvalue weighted by Gasteiger charge is -2.26. The van der Waals surface area contributed by atoms with Gasteiger partial charge in [-0.05, 0) is 43.5 Å². The number of hydrogen-bond donors (Lipinski definition) is 0. The van der Waals surface area contributed by atoms with Gasteiger partial charge < -0.3 is 14.2 Å². The minimum Gasteiger partial charge on any atom is -0.452 e. The van der Waals surface area contributed by atoms with Crippen molar-refractivity contribution in [2.45, 2.75) is 45.6 Å². The van der Waals surface area contributed by atoms with Gasteiger partial charge in [-0.15, -0.1) is 0 Å². The Kier molecular flexibility index (Phi) is 5.42. The van der Waals surface area contributed by atoms with Gasteiger partial charge in [0.15, 0.2) is 12.4 Å². The minimum absolute atomic E-state index is 0.0537. The highest BCUT2D eigenvalue weighted by atomic mass is 16.6. The first-order valence-electron chi connectivity index (χ1n) is 8.56. The van der Waals surface area contributed by atoms with Crippen LogP contribution in [0.15, 0.2) is 28.8 Å². The highest BCUT2D eigenvalue weighted by molar-refractivity contribution is 5.95. The number of rotatable bonds is 6. The van der Waals surface area contributed by atoms with Crippen molar-refractivity contribution in [3.63, 3.8) is 0 Å². The Labute approximate surface area is 146 Å².